The second kappa shape index (κ2) is 14.9. The normalized spacial score (nSPS) is 14.0. The lowest BCUT2D eigenvalue weighted by Crippen LogP contribution is -2.38. The lowest BCUT2D eigenvalue weighted by Gasteiger charge is -2.26. The predicted molar refractivity (Wildman–Crippen MR) is 146 cm³/mol. The van der Waals surface area contributed by atoms with Crippen molar-refractivity contribution < 1.29 is 27.4 Å². The number of carbonyl (C=O) groups is 1. The van der Waals surface area contributed by atoms with Crippen molar-refractivity contribution >= 4 is 23.3 Å². The molecule has 2 N–H and O–H groups in total. The maximum absolute atomic E-state index is 13.7. The third-order valence-electron chi connectivity index (χ3n) is 6.53. The van der Waals surface area contributed by atoms with E-state index in [1.807, 2.05) is 12.1 Å². The molecule has 1 saturated heterocycles. The van der Waals surface area contributed by atoms with Crippen molar-refractivity contribution in [3.05, 3.63) is 47.2 Å². The molecule has 216 valence electrons. The Hall–Kier alpha value is -3.05. The van der Waals surface area contributed by atoms with Gasteiger partial charge < -0.3 is 29.9 Å². The summed E-state index contributed by atoms with van der Waals surface area (Å²) in [6.07, 6.45) is 0.206. The molecule has 11 heteroatoms. The first-order valence-electron chi connectivity index (χ1n) is 13.5. The van der Waals surface area contributed by atoms with E-state index in [2.05, 4.69) is 40.6 Å². The summed E-state index contributed by atoms with van der Waals surface area (Å²) in [4.78, 5) is 19.7. The fourth-order valence-corrected chi connectivity index (χ4v) is 4.57. The molecule has 0 saturated carbocycles. The van der Waals surface area contributed by atoms with Crippen molar-refractivity contribution in [3.8, 4) is 0 Å². The number of nitrogens with one attached hydrogen (secondary N) is 2. The molecule has 1 aliphatic rings. The number of amides is 1. The third kappa shape index (κ3) is 9.58. The Morgan fingerprint density at radius 1 is 1.18 bits per heavy atom. The number of nitrogens with zero attached hydrogens (tertiary/aromatic N) is 3. The van der Waals surface area contributed by atoms with Gasteiger partial charge in [-0.15, -0.1) is 0 Å². The molecule has 3 rings (SSSR count). The average molecular weight is 552 g/mol. The van der Waals surface area contributed by atoms with Crippen LogP contribution in [0.15, 0.2) is 30.5 Å². The van der Waals surface area contributed by atoms with Gasteiger partial charge in [-0.3, -0.25) is 0 Å². The summed E-state index contributed by atoms with van der Waals surface area (Å²) in [5.74, 6) is 0.288. The number of hydrogen-bond acceptors (Lipinski definition) is 7. The number of ether oxygens (including phenoxy) is 2. The van der Waals surface area contributed by atoms with Gasteiger partial charge in [0.15, 0.2) is 0 Å². The Kier molecular flexibility index (Phi) is 11.7. The molecule has 1 aliphatic heterocycles. The number of halogens is 3. The minimum atomic E-state index is -4.56. The van der Waals surface area contributed by atoms with Crippen LogP contribution in [0.4, 0.5) is 35.2 Å². The van der Waals surface area contributed by atoms with Crippen LogP contribution >= 0.6 is 0 Å². The van der Waals surface area contributed by atoms with E-state index in [1.54, 1.807) is 12.0 Å². The maximum Gasteiger partial charge on any atom is 0.419 e. The van der Waals surface area contributed by atoms with Crippen LogP contribution in [0.2, 0.25) is 0 Å². The Labute approximate surface area is 228 Å². The van der Waals surface area contributed by atoms with Gasteiger partial charge in [0.05, 0.1) is 24.5 Å². The molecule has 0 radical (unpaired) electrons. The number of aromatic nitrogens is 1. The summed E-state index contributed by atoms with van der Waals surface area (Å²) >= 11 is 0. The first kappa shape index (κ1) is 30.5. The maximum atomic E-state index is 13.7. The van der Waals surface area contributed by atoms with E-state index in [1.165, 1.54) is 11.6 Å². The molecular weight excluding hydrogens is 511 g/mol. The van der Waals surface area contributed by atoms with Gasteiger partial charge in [-0.2, -0.15) is 13.2 Å². The molecule has 1 aromatic heterocycles. The minimum absolute atomic E-state index is 0.0673. The number of alkyl halides is 3. The van der Waals surface area contributed by atoms with Gasteiger partial charge in [0.2, 0.25) is 0 Å². The largest absolute Gasteiger partial charge is 0.449 e. The van der Waals surface area contributed by atoms with E-state index in [0.717, 1.165) is 56.2 Å². The highest BCUT2D eigenvalue weighted by molar-refractivity contribution is 5.68. The number of carbonyl (C=O) groups excluding carboxylic acids is 1. The van der Waals surface area contributed by atoms with Crippen molar-refractivity contribution in [2.45, 2.75) is 51.8 Å². The zero-order valence-electron chi connectivity index (χ0n) is 23.1. The number of benzene rings is 1. The molecule has 0 aliphatic carbocycles. The van der Waals surface area contributed by atoms with E-state index in [0.29, 0.717) is 32.7 Å². The number of rotatable bonds is 15. The van der Waals surface area contributed by atoms with E-state index >= 15 is 0 Å². The molecule has 1 aromatic carbocycles. The third-order valence-corrected chi connectivity index (χ3v) is 6.53. The summed E-state index contributed by atoms with van der Waals surface area (Å²) in [5.41, 5.74) is 1.90. The van der Waals surface area contributed by atoms with Gasteiger partial charge >= 0.3 is 12.3 Å². The summed E-state index contributed by atoms with van der Waals surface area (Å²) in [6, 6.07) is 7.38. The molecule has 2 aromatic rings. The monoisotopic (exact) mass is 551 g/mol. The Morgan fingerprint density at radius 2 is 2.00 bits per heavy atom. The van der Waals surface area contributed by atoms with E-state index in [-0.39, 0.29) is 24.1 Å². The number of methoxy groups -OCH3 is 1. The minimum Gasteiger partial charge on any atom is -0.449 e. The predicted octanol–water partition coefficient (Wildman–Crippen LogP) is 5.91. The van der Waals surface area contributed by atoms with Crippen LogP contribution in [0.25, 0.3) is 0 Å². The zero-order valence-corrected chi connectivity index (χ0v) is 23.1. The van der Waals surface area contributed by atoms with E-state index in [9.17, 15) is 18.0 Å². The van der Waals surface area contributed by atoms with E-state index < -0.39 is 11.7 Å². The number of anilines is 3. The summed E-state index contributed by atoms with van der Waals surface area (Å²) in [7, 11) is 3.73. The molecular formula is C28H40F3N5O3. The number of cyclic esters (lactones) is 1. The molecule has 1 fully saturated rings. The van der Waals surface area contributed by atoms with Gasteiger partial charge in [0.1, 0.15) is 5.82 Å². The zero-order chi connectivity index (χ0) is 28.3. The van der Waals surface area contributed by atoms with Gasteiger partial charge in [-0.1, -0.05) is 19.1 Å². The molecule has 39 heavy (non-hydrogen) atoms. The fourth-order valence-electron chi connectivity index (χ4n) is 4.57. The van der Waals surface area contributed by atoms with Crippen LogP contribution in [-0.4, -0.2) is 74.4 Å². The SMILES string of the molecule is CCCN(C)CCCc1ccc(Nc2cc(NCCCN3CCCOC3=O)c(C(F)(F)F)cn2)c(COC)c1. The van der Waals surface area contributed by atoms with Gasteiger partial charge in [0.25, 0.3) is 0 Å². The Morgan fingerprint density at radius 3 is 2.72 bits per heavy atom. The first-order chi connectivity index (χ1) is 18.7. The van der Waals surface area contributed by atoms with E-state index in [4.69, 9.17) is 9.47 Å². The van der Waals surface area contributed by atoms with Crippen LogP contribution < -0.4 is 10.6 Å². The molecule has 0 atom stereocenters. The van der Waals surface area contributed by atoms with Crippen molar-refractivity contribution in [3.63, 3.8) is 0 Å². The highest BCUT2D eigenvalue weighted by atomic mass is 19.4. The standard InChI is InChI=1S/C28H40F3N5O3/c1-4-12-35(2)13-5-8-21-9-10-24(22(17-21)20-38-3)34-26-18-25(23(19-33-26)28(29,30)31)32-11-6-14-36-15-7-16-39-27(36)37/h9-10,17-19H,4-8,11-16,20H2,1-3H3,(H2,32,33,34). The van der Waals surface area contributed by atoms with Crippen LogP contribution in [0.5, 0.6) is 0 Å². The highest BCUT2D eigenvalue weighted by Crippen LogP contribution is 2.36. The highest BCUT2D eigenvalue weighted by Gasteiger charge is 2.34. The summed E-state index contributed by atoms with van der Waals surface area (Å²) in [6.45, 7) is 6.27. The van der Waals surface area contributed by atoms with Gasteiger partial charge in [0, 0.05) is 50.3 Å². The quantitative estimate of drug-likeness (QED) is 0.267. The lowest BCUT2D eigenvalue weighted by molar-refractivity contribution is -0.137. The smallest absolute Gasteiger partial charge is 0.419 e. The summed E-state index contributed by atoms with van der Waals surface area (Å²) < 4.78 is 51.4. The molecule has 0 unspecified atom stereocenters. The van der Waals surface area contributed by atoms with Crippen molar-refractivity contribution in [1.29, 1.82) is 0 Å². The fraction of sp³-hybridized carbons (Fsp3) is 0.571. The summed E-state index contributed by atoms with van der Waals surface area (Å²) in [5, 5.41) is 6.05. The van der Waals surface area contributed by atoms with Crippen molar-refractivity contribution in [1.82, 2.24) is 14.8 Å². The average Bonchev–Trinajstić information content (AvgIpc) is 2.89. The Bertz CT molecular complexity index is 1070. The number of pyridine rings is 1. The number of hydrogen-bond donors (Lipinski definition) is 2. The first-order valence-corrected chi connectivity index (χ1v) is 13.5. The van der Waals surface area contributed by atoms with Crippen molar-refractivity contribution in [2.75, 3.05) is 64.1 Å². The second-order valence-electron chi connectivity index (χ2n) is 9.80. The van der Waals surface area contributed by atoms with Crippen LogP contribution in [-0.2, 0) is 28.7 Å². The molecule has 0 bridgehead atoms. The van der Waals surface area contributed by atoms with Crippen LogP contribution in [0.3, 0.4) is 0 Å². The van der Waals surface area contributed by atoms with Crippen LogP contribution in [0, 0.1) is 0 Å². The second-order valence-corrected chi connectivity index (χ2v) is 9.80. The van der Waals surface area contributed by atoms with Crippen LogP contribution in [0.1, 0.15) is 49.3 Å². The molecule has 2 heterocycles. The Balaban J connectivity index is 1.68. The molecule has 8 nitrogen and oxygen atoms in total. The molecule has 1 amide bonds. The topological polar surface area (TPSA) is 79.0 Å². The van der Waals surface area contributed by atoms with Gasteiger partial charge in [-0.25, -0.2) is 9.78 Å². The van der Waals surface area contributed by atoms with Crippen molar-refractivity contribution in [2.24, 2.45) is 0 Å². The molecule has 0 spiro atoms. The van der Waals surface area contributed by atoms with Gasteiger partial charge in [-0.05, 0) is 63.9 Å². The lowest BCUT2D eigenvalue weighted by atomic mass is 10.0. The number of aryl methyl sites for hydroxylation is 1.